The molecule has 1 fully saturated rings. The normalized spacial score (nSPS) is 26.5. The molecule has 1 aliphatic rings. The summed E-state index contributed by atoms with van der Waals surface area (Å²) in [5.74, 6) is -0.443. The van der Waals surface area contributed by atoms with Crippen molar-refractivity contribution in [2.75, 3.05) is 39.4 Å². The lowest BCUT2D eigenvalue weighted by molar-refractivity contribution is -0.149. The van der Waals surface area contributed by atoms with Crippen molar-refractivity contribution in [2.24, 2.45) is 5.92 Å². The number of aliphatic hydroxyl groups is 2. The van der Waals surface area contributed by atoms with Crippen molar-refractivity contribution in [3.8, 4) is 0 Å². The van der Waals surface area contributed by atoms with Gasteiger partial charge in [0.25, 0.3) is 0 Å². The summed E-state index contributed by atoms with van der Waals surface area (Å²) in [4.78, 5) is 1.84. The summed E-state index contributed by atoms with van der Waals surface area (Å²) < 4.78 is 37.2. The number of β-amino-alcohol motifs (C(OH)–C–C–N with tert-alkyl or cyclic N) is 1. The van der Waals surface area contributed by atoms with Crippen molar-refractivity contribution < 1.29 is 23.4 Å². The van der Waals surface area contributed by atoms with Crippen molar-refractivity contribution >= 4 is 0 Å². The van der Waals surface area contributed by atoms with E-state index in [0.29, 0.717) is 32.6 Å². The van der Waals surface area contributed by atoms with Gasteiger partial charge in [0, 0.05) is 38.6 Å². The van der Waals surface area contributed by atoms with Crippen molar-refractivity contribution in [3.05, 3.63) is 0 Å². The minimum Gasteiger partial charge on any atom is -0.395 e. The van der Waals surface area contributed by atoms with E-state index in [1.807, 2.05) is 4.90 Å². The van der Waals surface area contributed by atoms with E-state index in [1.165, 1.54) is 0 Å². The van der Waals surface area contributed by atoms with Crippen LogP contribution in [0, 0.1) is 5.92 Å². The zero-order valence-corrected chi connectivity index (χ0v) is 10.3. The first-order valence-electron chi connectivity index (χ1n) is 6.19. The molecule has 0 bridgehead atoms. The van der Waals surface area contributed by atoms with Gasteiger partial charge in [0.15, 0.2) is 0 Å². The molecule has 0 aromatic heterocycles. The van der Waals surface area contributed by atoms with Crippen molar-refractivity contribution in [1.29, 1.82) is 0 Å². The van der Waals surface area contributed by atoms with Crippen LogP contribution < -0.4 is 5.32 Å². The van der Waals surface area contributed by atoms with Crippen molar-refractivity contribution in [1.82, 2.24) is 10.2 Å². The van der Waals surface area contributed by atoms with Crippen LogP contribution in [-0.4, -0.2) is 66.7 Å². The molecule has 0 aromatic carbocycles. The Bertz CT molecular complexity index is 239. The number of piperidine rings is 1. The number of nitrogens with one attached hydrogen (secondary N) is 1. The maximum atomic E-state index is 12.4. The molecule has 4 nitrogen and oxygen atoms in total. The van der Waals surface area contributed by atoms with E-state index in [0.717, 1.165) is 0 Å². The second-order valence-electron chi connectivity index (χ2n) is 4.78. The SMILES string of the molecule is OCCNC1CC(CC(F)(F)F)CN(CCO)C1. The number of hydrogen-bond acceptors (Lipinski definition) is 4. The Morgan fingerprint density at radius 3 is 2.44 bits per heavy atom. The molecular weight excluding hydrogens is 249 g/mol. The Morgan fingerprint density at radius 1 is 1.17 bits per heavy atom. The lowest BCUT2D eigenvalue weighted by Gasteiger charge is -2.38. The minimum atomic E-state index is -4.14. The van der Waals surface area contributed by atoms with Crippen molar-refractivity contribution in [3.63, 3.8) is 0 Å². The van der Waals surface area contributed by atoms with Gasteiger partial charge >= 0.3 is 6.18 Å². The van der Waals surface area contributed by atoms with E-state index in [-0.39, 0.29) is 19.3 Å². The molecule has 0 saturated carbocycles. The molecule has 2 unspecified atom stereocenters. The number of likely N-dealkylation sites (tertiary alicyclic amines) is 1. The van der Waals surface area contributed by atoms with Crippen LogP contribution in [0.5, 0.6) is 0 Å². The molecule has 1 aliphatic heterocycles. The first-order valence-corrected chi connectivity index (χ1v) is 6.19. The third-order valence-electron chi connectivity index (χ3n) is 3.09. The fourth-order valence-corrected chi connectivity index (χ4v) is 2.52. The molecule has 1 heterocycles. The zero-order valence-electron chi connectivity index (χ0n) is 10.3. The molecule has 0 spiro atoms. The Labute approximate surface area is 105 Å². The van der Waals surface area contributed by atoms with Crippen molar-refractivity contribution in [2.45, 2.75) is 25.1 Å². The highest BCUT2D eigenvalue weighted by molar-refractivity contribution is 4.84. The molecule has 108 valence electrons. The maximum Gasteiger partial charge on any atom is 0.389 e. The molecule has 0 amide bonds. The second-order valence-corrected chi connectivity index (χ2v) is 4.78. The van der Waals surface area contributed by atoms with Crippen LogP contribution in [0.2, 0.25) is 0 Å². The van der Waals surface area contributed by atoms with Gasteiger partial charge in [-0.1, -0.05) is 0 Å². The molecule has 0 aromatic rings. The summed E-state index contributed by atoms with van der Waals surface area (Å²) in [6.07, 6.45) is -4.47. The van der Waals surface area contributed by atoms with Crippen LogP contribution in [0.3, 0.4) is 0 Å². The Balaban J connectivity index is 2.50. The average molecular weight is 270 g/mol. The van der Waals surface area contributed by atoms with Crippen LogP contribution in [0.15, 0.2) is 0 Å². The van der Waals surface area contributed by atoms with E-state index < -0.39 is 18.5 Å². The lowest BCUT2D eigenvalue weighted by atomic mass is 9.91. The fourth-order valence-electron chi connectivity index (χ4n) is 2.52. The second kappa shape index (κ2) is 7.28. The van der Waals surface area contributed by atoms with E-state index in [1.54, 1.807) is 0 Å². The maximum absolute atomic E-state index is 12.4. The molecule has 3 N–H and O–H groups in total. The predicted molar refractivity (Wildman–Crippen MR) is 61.2 cm³/mol. The standard InChI is InChI=1S/C11H21F3N2O2/c12-11(13,14)6-9-5-10(15-1-3-17)8-16(7-9)2-4-18/h9-10,15,17-18H,1-8H2. The van der Waals surface area contributed by atoms with Gasteiger partial charge in [-0.05, 0) is 12.3 Å². The molecule has 2 atom stereocenters. The van der Waals surface area contributed by atoms with Gasteiger partial charge in [0.05, 0.1) is 13.2 Å². The monoisotopic (exact) mass is 270 g/mol. The topological polar surface area (TPSA) is 55.7 Å². The quantitative estimate of drug-likeness (QED) is 0.645. The van der Waals surface area contributed by atoms with Gasteiger partial charge in [-0.15, -0.1) is 0 Å². The van der Waals surface area contributed by atoms with Gasteiger partial charge < -0.3 is 15.5 Å². The van der Waals surface area contributed by atoms with Crippen LogP contribution in [0.4, 0.5) is 13.2 Å². The first-order chi connectivity index (χ1) is 8.44. The number of nitrogens with zero attached hydrogens (tertiary/aromatic N) is 1. The molecule has 7 heteroatoms. The van der Waals surface area contributed by atoms with Crippen LogP contribution >= 0.6 is 0 Å². The van der Waals surface area contributed by atoms with Gasteiger partial charge in [0.2, 0.25) is 0 Å². The average Bonchev–Trinajstić information content (AvgIpc) is 2.24. The van der Waals surface area contributed by atoms with E-state index in [2.05, 4.69) is 5.32 Å². The summed E-state index contributed by atoms with van der Waals surface area (Å²) in [7, 11) is 0. The number of aliphatic hydroxyl groups excluding tert-OH is 2. The van der Waals surface area contributed by atoms with Gasteiger partial charge in [0.1, 0.15) is 0 Å². The first kappa shape index (κ1) is 15.7. The van der Waals surface area contributed by atoms with Crippen LogP contribution in [-0.2, 0) is 0 Å². The van der Waals surface area contributed by atoms with Gasteiger partial charge in [-0.3, -0.25) is 4.90 Å². The number of alkyl halides is 3. The molecular formula is C11H21F3N2O2. The lowest BCUT2D eigenvalue weighted by Crippen LogP contribution is -2.51. The van der Waals surface area contributed by atoms with E-state index >= 15 is 0 Å². The third kappa shape index (κ3) is 5.99. The Hall–Kier alpha value is -0.370. The number of hydrogen-bond donors (Lipinski definition) is 3. The largest absolute Gasteiger partial charge is 0.395 e. The highest BCUT2D eigenvalue weighted by Gasteiger charge is 2.36. The van der Waals surface area contributed by atoms with Gasteiger partial charge in [-0.2, -0.15) is 13.2 Å². The summed E-state index contributed by atoms with van der Waals surface area (Å²) >= 11 is 0. The highest BCUT2D eigenvalue weighted by Crippen LogP contribution is 2.30. The van der Waals surface area contributed by atoms with Crippen LogP contribution in [0.25, 0.3) is 0 Å². The summed E-state index contributed by atoms with van der Waals surface area (Å²) in [5, 5.41) is 20.6. The predicted octanol–water partition coefficient (Wildman–Crippen LogP) is 0.204. The molecule has 0 aliphatic carbocycles. The molecule has 18 heavy (non-hydrogen) atoms. The molecule has 0 radical (unpaired) electrons. The third-order valence-corrected chi connectivity index (χ3v) is 3.09. The highest BCUT2D eigenvalue weighted by atomic mass is 19.4. The summed E-state index contributed by atoms with van der Waals surface area (Å²) in [6, 6.07) is -0.0511. The van der Waals surface area contributed by atoms with Gasteiger partial charge in [-0.25, -0.2) is 0 Å². The molecule has 1 rings (SSSR count). The Kier molecular flexibility index (Phi) is 6.34. The minimum absolute atomic E-state index is 0.0273. The number of halogens is 3. The smallest absolute Gasteiger partial charge is 0.389 e. The number of rotatable bonds is 6. The Morgan fingerprint density at radius 2 is 1.89 bits per heavy atom. The zero-order chi connectivity index (χ0) is 13.6. The summed E-state index contributed by atoms with van der Waals surface area (Å²) in [5.41, 5.74) is 0. The fraction of sp³-hybridized carbons (Fsp3) is 1.00. The summed E-state index contributed by atoms with van der Waals surface area (Å²) in [6.45, 7) is 1.69. The van der Waals surface area contributed by atoms with Crippen LogP contribution in [0.1, 0.15) is 12.8 Å². The van der Waals surface area contributed by atoms with E-state index in [9.17, 15) is 13.2 Å². The molecule has 1 saturated heterocycles. The van der Waals surface area contributed by atoms with E-state index in [4.69, 9.17) is 10.2 Å².